The number of carbonyl (C=O) groups excluding carboxylic acids is 2. The van der Waals surface area contributed by atoms with Gasteiger partial charge in [0.1, 0.15) is 0 Å². The van der Waals surface area contributed by atoms with E-state index in [0.29, 0.717) is 49.7 Å². The molecule has 1 aromatic rings. The van der Waals surface area contributed by atoms with Gasteiger partial charge in [-0.05, 0) is 0 Å². The van der Waals surface area contributed by atoms with Gasteiger partial charge in [0, 0.05) is 44.2 Å². The van der Waals surface area contributed by atoms with Crippen molar-refractivity contribution in [3.8, 4) is 23.8 Å². The molecule has 2 heterocycles. The van der Waals surface area contributed by atoms with E-state index >= 15 is 0 Å². The highest BCUT2D eigenvalue weighted by atomic mass is 16.5. The number of rotatable bonds is 7. The third kappa shape index (κ3) is 4.56. The van der Waals surface area contributed by atoms with E-state index in [1.165, 1.54) is 13.2 Å². The first-order chi connectivity index (χ1) is 13.1. The first kappa shape index (κ1) is 18.7. The van der Waals surface area contributed by atoms with Gasteiger partial charge in [0.2, 0.25) is 5.91 Å². The van der Waals surface area contributed by atoms with E-state index in [1.54, 1.807) is 6.07 Å². The van der Waals surface area contributed by atoms with E-state index in [0.717, 1.165) is 6.42 Å². The minimum atomic E-state index is -0.571. The molecular formula is C19H21N3O5. The zero-order chi connectivity index (χ0) is 19.3. The highest BCUT2D eigenvalue weighted by Gasteiger charge is 2.39. The highest BCUT2D eigenvalue weighted by Crippen LogP contribution is 2.38. The van der Waals surface area contributed by atoms with Crippen LogP contribution in [-0.2, 0) is 9.53 Å². The van der Waals surface area contributed by atoms with Crippen LogP contribution < -0.4 is 14.8 Å². The molecular weight excluding hydrogens is 350 g/mol. The number of methoxy groups -OCH3 is 1. The Balaban J connectivity index is 1.71. The molecule has 0 aliphatic carbocycles. The number of hydrogen-bond donors (Lipinski definition) is 1. The van der Waals surface area contributed by atoms with Gasteiger partial charge in [-0.3, -0.25) is 4.79 Å². The Bertz CT molecular complexity index is 806. The largest absolute Gasteiger partial charge is 0.490 e. The van der Waals surface area contributed by atoms with E-state index in [2.05, 4.69) is 21.5 Å². The van der Waals surface area contributed by atoms with Gasteiger partial charge in [-0.2, -0.15) is 10.2 Å². The van der Waals surface area contributed by atoms with Gasteiger partial charge in [-0.15, -0.1) is 12.3 Å². The zero-order valence-electron chi connectivity index (χ0n) is 15.1. The number of amides is 1. The molecule has 8 nitrogen and oxygen atoms in total. The van der Waals surface area contributed by atoms with Gasteiger partial charge in [0.25, 0.3) is 0 Å². The van der Waals surface area contributed by atoms with Gasteiger partial charge in [0.05, 0.1) is 31.6 Å². The van der Waals surface area contributed by atoms with Crippen molar-refractivity contribution in [2.75, 3.05) is 25.6 Å². The Morgan fingerprint density at radius 3 is 2.59 bits per heavy atom. The molecule has 1 N–H and O–H groups in total. The normalized spacial score (nSPS) is 16.0. The summed E-state index contributed by atoms with van der Waals surface area (Å²) in [4.78, 5) is 24.5. The lowest BCUT2D eigenvalue weighted by Gasteiger charge is -2.15. The summed E-state index contributed by atoms with van der Waals surface area (Å²) in [6.45, 7) is 0.991. The molecule has 0 radical (unpaired) electrons. The molecule has 0 saturated carbocycles. The van der Waals surface area contributed by atoms with Crippen LogP contribution in [0.25, 0.3) is 0 Å². The number of fused-ring (bicyclic) bond motifs is 1. The molecule has 2 aliphatic heterocycles. The third-order valence-electron chi connectivity index (χ3n) is 4.37. The molecule has 0 unspecified atom stereocenters. The third-order valence-corrected chi connectivity index (χ3v) is 4.37. The van der Waals surface area contributed by atoms with Gasteiger partial charge < -0.3 is 19.5 Å². The van der Waals surface area contributed by atoms with E-state index < -0.39 is 11.6 Å². The summed E-state index contributed by atoms with van der Waals surface area (Å²) in [6, 6.07) is 3.12. The number of nitrogens with one attached hydrogen (secondary N) is 1. The molecule has 0 aromatic heterocycles. The van der Waals surface area contributed by atoms with Gasteiger partial charge in [-0.1, -0.05) is 0 Å². The fraction of sp³-hybridized carbons (Fsp3) is 0.474. The lowest BCUT2D eigenvalue weighted by atomic mass is 10.0. The summed E-state index contributed by atoms with van der Waals surface area (Å²) in [5.74, 6) is 2.66. The number of nitrogens with zero attached hydrogens (tertiary/aromatic N) is 2. The summed E-state index contributed by atoms with van der Waals surface area (Å²) in [6.07, 6.45) is 7.86. The standard InChI is InChI=1S/C19H21N3O5/c1-3-4-7-19(21-22-19)8-6-17(23)20-14-12-16-15(26-9-5-10-27-16)11-13(14)18(24)25-2/h1,11-12H,4-10H2,2H3,(H,20,23). The number of hydrogen-bond acceptors (Lipinski definition) is 7. The van der Waals surface area contributed by atoms with Crippen molar-refractivity contribution >= 4 is 17.6 Å². The second-order valence-electron chi connectivity index (χ2n) is 6.32. The monoisotopic (exact) mass is 371 g/mol. The number of terminal acetylenes is 1. The molecule has 0 bridgehead atoms. The lowest BCUT2D eigenvalue weighted by molar-refractivity contribution is -0.116. The predicted octanol–water partition coefficient (Wildman–Crippen LogP) is 2.93. The van der Waals surface area contributed by atoms with Gasteiger partial charge in [0.15, 0.2) is 17.2 Å². The van der Waals surface area contributed by atoms with Gasteiger partial charge >= 0.3 is 5.97 Å². The van der Waals surface area contributed by atoms with Gasteiger partial charge in [-0.25, -0.2) is 4.79 Å². The number of ether oxygens (including phenoxy) is 3. The molecule has 0 spiro atoms. The molecule has 8 heteroatoms. The number of anilines is 1. The molecule has 0 saturated heterocycles. The fourth-order valence-electron chi connectivity index (χ4n) is 2.79. The number of carbonyl (C=O) groups is 2. The molecule has 142 valence electrons. The SMILES string of the molecule is C#CCCC1(CCC(=O)Nc2cc3c(cc2C(=O)OC)OCCCO3)N=N1. The summed E-state index contributed by atoms with van der Waals surface area (Å²) < 4.78 is 16.0. The van der Waals surface area contributed by atoms with Crippen molar-refractivity contribution < 1.29 is 23.8 Å². The Labute approximate surface area is 157 Å². The molecule has 3 rings (SSSR count). The van der Waals surface area contributed by atoms with Crippen molar-refractivity contribution in [3.05, 3.63) is 17.7 Å². The minimum Gasteiger partial charge on any atom is -0.490 e. The average molecular weight is 371 g/mol. The van der Waals surface area contributed by atoms with Crippen LogP contribution in [0.5, 0.6) is 11.5 Å². The summed E-state index contributed by atoms with van der Waals surface area (Å²) >= 11 is 0. The van der Waals surface area contributed by atoms with Crippen molar-refractivity contribution in [2.45, 2.75) is 37.8 Å². The Kier molecular flexibility index (Phi) is 5.60. The van der Waals surface area contributed by atoms with Crippen LogP contribution in [0.1, 0.15) is 42.5 Å². The molecule has 27 heavy (non-hydrogen) atoms. The van der Waals surface area contributed by atoms with Crippen LogP contribution >= 0.6 is 0 Å². The van der Waals surface area contributed by atoms with E-state index in [9.17, 15) is 9.59 Å². The minimum absolute atomic E-state index is 0.201. The maximum Gasteiger partial charge on any atom is 0.340 e. The highest BCUT2D eigenvalue weighted by molar-refractivity contribution is 6.02. The van der Waals surface area contributed by atoms with Crippen LogP contribution in [0.4, 0.5) is 5.69 Å². The van der Waals surface area contributed by atoms with Crippen LogP contribution in [0.15, 0.2) is 22.4 Å². The van der Waals surface area contributed by atoms with Crippen LogP contribution in [0, 0.1) is 12.3 Å². The molecule has 1 aromatic carbocycles. The van der Waals surface area contributed by atoms with Crippen LogP contribution in [0.2, 0.25) is 0 Å². The quantitative estimate of drug-likeness (QED) is 0.587. The van der Waals surface area contributed by atoms with E-state index in [-0.39, 0.29) is 17.9 Å². The number of benzene rings is 1. The Morgan fingerprint density at radius 2 is 1.96 bits per heavy atom. The average Bonchev–Trinajstić information content (AvgIpc) is 3.47. The van der Waals surface area contributed by atoms with Crippen molar-refractivity contribution in [1.29, 1.82) is 0 Å². The maximum absolute atomic E-state index is 12.4. The first-order valence-corrected chi connectivity index (χ1v) is 8.76. The predicted molar refractivity (Wildman–Crippen MR) is 96.9 cm³/mol. The second kappa shape index (κ2) is 8.08. The zero-order valence-corrected chi connectivity index (χ0v) is 15.1. The smallest absolute Gasteiger partial charge is 0.340 e. The van der Waals surface area contributed by atoms with Crippen LogP contribution in [0.3, 0.4) is 0 Å². The Hall–Kier alpha value is -3.08. The first-order valence-electron chi connectivity index (χ1n) is 8.76. The molecule has 2 aliphatic rings. The topological polar surface area (TPSA) is 98.6 Å². The molecule has 1 amide bonds. The molecule has 0 fully saturated rings. The Morgan fingerprint density at radius 1 is 1.26 bits per heavy atom. The summed E-state index contributed by atoms with van der Waals surface area (Å²) in [5.41, 5.74) is -0.00373. The summed E-state index contributed by atoms with van der Waals surface area (Å²) in [7, 11) is 1.28. The number of esters is 1. The summed E-state index contributed by atoms with van der Waals surface area (Å²) in [5, 5.41) is 10.8. The fourth-order valence-corrected chi connectivity index (χ4v) is 2.79. The van der Waals surface area contributed by atoms with Crippen LogP contribution in [-0.4, -0.2) is 37.9 Å². The van der Waals surface area contributed by atoms with Crippen molar-refractivity contribution in [3.63, 3.8) is 0 Å². The van der Waals surface area contributed by atoms with Crippen molar-refractivity contribution in [2.24, 2.45) is 10.2 Å². The van der Waals surface area contributed by atoms with Crippen molar-refractivity contribution in [1.82, 2.24) is 0 Å². The second-order valence-corrected chi connectivity index (χ2v) is 6.32. The van der Waals surface area contributed by atoms with E-state index in [4.69, 9.17) is 20.6 Å². The van der Waals surface area contributed by atoms with E-state index in [1.807, 2.05) is 0 Å². The lowest BCUT2D eigenvalue weighted by Crippen LogP contribution is -2.19. The maximum atomic E-state index is 12.4. The molecule has 0 atom stereocenters.